The Morgan fingerprint density at radius 1 is 1.13 bits per heavy atom. The van der Waals surface area contributed by atoms with E-state index in [1.807, 2.05) is 18.2 Å². The van der Waals surface area contributed by atoms with Gasteiger partial charge in [0, 0.05) is 6.07 Å². The molecule has 0 aliphatic rings. The number of para-hydroxylation sites is 2. The number of amides is 1. The van der Waals surface area contributed by atoms with Crippen LogP contribution in [0.1, 0.15) is 29.3 Å². The van der Waals surface area contributed by atoms with Gasteiger partial charge in [0.2, 0.25) is 11.9 Å². The van der Waals surface area contributed by atoms with E-state index in [0.717, 1.165) is 17.6 Å². The summed E-state index contributed by atoms with van der Waals surface area (Å²) in [7, 11) is 0. The van der Waals surface area contributed by atoms with E-state index in [1.54, 1.807) is 18.2 Å². The Balaban J connectivity index is 1.57. The number of rotatable bonds is 7. The van der Waals surface area contributed by atoms with Crippen LogP contribution in [0.3, 0.4) is 0 Å². The number of nitrogens with zero attached hydrogens (tertiary/aromatic N) is 2. The van der Waals surface area contributed by atoms with Gasteiger partial charge in [0.25, 0.3) is 0 Å². The molecule has 3 N–H and O–H groups in total. The first-order valence-corrected chi connectivity index (χ1v) is 9.43. The van der Waals surface area contributed by atoms with E-state index in [1.165, 1.54) is 12.3 Å². The Morgan fingerprint density at radius 2 is 1.97 bits per heavy atom. The molecule has 160 valence electrons. The second-order valence-corrected chi connectivity index (χ2v) is 6.89. The van der Waals surface area contributed by atoms with Gasteiger partial charge in [-0.15, -0.1) is 0 Å². The predicted molar refractivity (Wildman–Crippen MR) is 107 cm³/mol. The third-order valence-corrected chi connectivity index (χ3v) is 4.66. The molecule has 10 heteroatoms. The summed E-state index contributed by atoms with van der Waals surface area (Å²) in [6, 6.07) is 13.0. The van der Waals surface area contributed by atoms with Crippen LogP contribution in [-0.4, -0.2) is 21.0 Å². The normalized spacial score (nSPS) is 12.6. The number of aromatic nitrogens is 3. The maximum absolute atomic E-state index is 13.2. The number of hydrogen-bond acceptors (Lipinski definition) is 5. The number of halogens is 3. The minimum absolute atomic E-state index is 0.115. The fraction of sp³-hybridized carbons (Fsp3) is 0.190. The number of hydrogen-bond donors (Lipinski definition) is 3. The molecule has 0 radical (unpaired) electrons. The highest BCUT2D eigenvalue weighted by Crippen LogP contribution is 2.32. The fourth-order valence-corrected chi connectivity index (χ4v) is 3.15. The molecule has 2 aromatic heterocycles. The molecule has 31 heavy (non-hydrogen) atoms. The van der Waals surface area contributed by atoms with Gasteiger partial charge in [0.05, 0.1) is 35.6 Å². The topological polar surface area (TPSA) is 95.8 Å². The molecule has 0 aliphatic heterocycles. The van der Waals surface area contributed by atoms with Crippen molar-refractivity contribution in [1.82, 2.24) is 20.4 Å². The van der Waals surface area contributed by atoms with Crippen LogP contribution in [0.5, 0.6) is 0 Å². The highest BCUT2D eigenvalue weighted by atomic mass is 19.4. The largest absolute Gasteiger partial charge is 0.416 e. The van der Waals surface area contributed by atoms with Crippen molar-refractivity contribution in [2.24, 2.45) is 0 Å². The lowest BCUT2D eigenvalue weighted by molar-refractivity contribution is -0.137. The summed E-state index contributed by atoms with van der Waals surface area (Å²) < 4.78 is 44.3. The zero-order valence-electron chi connectivity index (χ0n) is 16.1. The maximum atomic E-state index is 13.2. The summed E-state index contributed by atoms with van der Waals surface area (Å²) in [5.41, 5.74) is 1.53. The molecule has 1 unspecified atom stereocenters. The van der Waals surface area contributed by atoms with Gasteiger partial charge in [-0.25, -0.2) is 4.98 Å². The van der Waals surface area contributed by atoms with Crippen LogP contribution in [0.25, 0.3) is 11.0 Å². The smallest absolute Gasteiger partial charge is 0.364 e. The molecular formula is C21H18F3N5O2. The number of imidazole rings is 1. The lowest BCUT2D eigenvalue weighted by atomic mass is 10.0. The summed E-state index contributed by atoms with van der Waals surface area (Å²) in [6.45, 7) is 0.148. The third-order valence-electron chi connectivity index (χ3n) is 4.66. The summed E-state index contributed by atoms with van der Waals surface area (Å²) in [5.74, 6) is -0.0121. The molecule has 1 amide bonds. The zero-order valence-corrected chi connectivity index (χ0v) is 16.1. The van der Waals surface area contributed by atoms with Crippen molar-refractivity contribution in [2.75, 3.05) is 5.32 Å². The number of carbonyl (C=O) groups excluding carboxylic acids is 1. The number of fused-ring (bicyclic) bond motifs is 1. The predicted octanol–water partition coefficient (Wildman–Crippen LogP) is 4.43. The van der Waals surface area contributed by atoms with Gasteiger partial charge in [-0.3, -0.25) is 4.79 Å². The molecule has 4 aromatic rings. The molecule has 0 saturated heterocycles. The first kappa shape index (κ1) is 20.5. The van der Waals surface area contributed by atoms with E-state index in [9.17, 15) is 18.0 Å². The van der Waals surface area contributed by atoms with Crippen LogP contribution >= 0.6 is 0 Å². The van der Waals surface area contributed by atoms with Crippen LogP contribution in [0.2, 0.25) is 0 Å². The number of carbonyl (C=O) groups is 1. The van der Waals surface area contributed by atoms with Crippen LogP contribution in [0.4, 0.5) is 19.1 Å². The van der Waals surface area contributed by atoms with Crippen LogP contribution in [0, 0.1) is 0 Å². The second-order valence-electron chi connectivity index (χ2n) is 6.89. The summed E-state index contributed by atoms with van der Waals surface area (Å²) >= 11 is 0. The minimum atomic E-state index is -4.49. The average Bonchev–Trinajstić information content (AvgIpc) is 3.40. The number of anilines is 1. The quantitative estimate of drug-likeness (QED) is 0.404. The van der Waals surface area contributed by atoms with Crippen molar-refractivity contribution in [2.45, 2.75) is 25.2 Å². The lowest BCUT2D eigenvalue weighted by Crippen LogP contribution is -2.27. The monoisotopic (exact) mass is 429 g/mol. The van der Waals surface area contributed by atoms with Gasteiger partial charge in [-0.2, -0.15) is 13.2 Å². The fourth-order valence-electron chi connectivity index (χ4n) is 3.15. The Hall–Kier alpha value is -3.82. The molecule has 0 saturated carbocycles. The number of benzene rings is 2. The van der Waals surface area contributed by atoms with Crippen LogP contribution in [-0.2, 0) is 17.5 Å². The molecule has 7 nitrogen and oxygen atoms in total. The SMILES string of the molecule is O=C(CC(Nc1nc2ccccc2[nH]1)c1cccc(C(F)(F)F)c1)NCc1ccon1. The van der Waals surface area contributed by atoms with Crippen molar-refractivity contribution >= 4 is 22.9 Å². The van der Waals surface area contributed by atoms with Crippen molar-refractivity contribution in [1.29, 1.82) is 0 Å². The number of H-pyrrole nitrogens is 1. The number of aromatic amines is 1. The van der Waals surface area contributed by atoms with Crippen molar-refractivity contribution in [3.63, 3.8) is 0 Å². The molecule has 0 bridgehead atoms. The van der Waals surface area contributed by atoms with Gasteiger partial charge in [0.1, 0.15) is 12.0 Å². The second kappa shape index (κ2) is 8.50. The molecular weight excluding hydrogens is 411 g/mol. The molecule has 1 atom stereocenters. The third kappa shape index (κ3) is 5.03. The van der Waals surface area contributed by atoms with Crippen LogP contribution in [0.15, 0.2) is 65.4 Å². The Labute approximate surface area is 174 Å². The first-order valence-electron chi connectivity index (χ1n) is 9.43. The van der Waals surface area contributed by atoms with Gasteiger partial charge in [-0.05, 0) is 29.8 Å². The minimum Gasteiger partial charge on any atom is -0.364 e. The van der Waals surface area contributed by atoms with Gasteiger partial charge >= 0.3 is 6.18 Å². The van der Waals surface area contributed by atoms with Crippen molar-refractivity contribution < 1.29 is 22.5 Å². The molecule has 0 aliphatic carbocycles. The first-order chi connectivity index (χ1) is 14.9. The van der Waals surface area contributed by atoms with E-state index in [4.69, 9.17) is 4.52 Å². The summed E-state index contributed by atoms with van der Waals surface area (Å²) in [5, 5.41) is 9.46. The molecule has 2 heterocycles. The molecule has 0 fully saturated rings. The highest BCUT2D eigenvalue weighted by Gasteiger charge is 2.31. The van der Waals surface area contributed by atoms with Gasteiger partial charge in [-0.1, -0.05) is 29.4 Å². The van der Waals surface area contributed by atoms with E-state index >= 15 is 0 Å². The number of nitrogens with one attached hydrogen (secondary N) is 3. The molecule has 2 aromatic carbocycles. The van der Waals surface area contributed by atoms with E-state index in [-0.39, 0.29) is 18.9 Å². The standard InChI is InChI=1S/C21H18F3N5O2/c22-21(23,24)14-5-3-4-13(10-14)18(11-19(30)25-12-15-8-9-31-29-15)28-20-26-16-6-1-2-7-17(16)27-20/h1-10,18H,11-12H2,(H,25,30)(H2,26,27,28). The maximum Gasteiger partial charge on any atom is 0.416 e. The molecule has 0 spiro atoms. The van der Waals surface area contributed by atoms with E-state index in [2.05, 4.69) is 25.8 Å². The highest BCUT2D eigenvalue weighted by molar-refractivity contribution is 5.79. The Kier molecular flexibility index (Phi) is 5.61. The van der Waals surface area contributed by atoms with E-state index in [0.29, 0.717) is 22.7 Å². The van der Waals surface area contributed by atoms with Crippen LogP contribution < -0.4 is 10.6 Å². The van der Waals surface area contributed by atoms with Gasteiger partial charge in [0.15, 0.2) is 0 Å². The zero-order chi connectivity index (χ0) is 21.8. The van der Waals surface area contributed by atoms with E-state index < -0.39 is 17.8 Å². The van der Waals surface area contributed by atoms with Crippen molar-refractivity contribution in [3.05, 3.63) is 77.7 Å². The average molecular weight is 429 g/mol. The lowest BCUT2D eigenvalue weighted by Gasteiger charge is -2.20. The number of alkyl halides is 3. The summed E-state index contributed by atoms with van der Waals surface area (Å²) in [6.07, 6.45) is -3.22. The Bertz CT molecular complexity index is 1140. The molecule has 4 rings (SSSR count). The Morgan fingerprint density at radius 3 is 2.71 bits per heavy atom. The van der Waals surface area contributed by atoms with Crippen molar-refractivity contribution in [3.8, 4) is 0 Å². The summed E-state index contributed by atoms with van der Waals surface area (Å²) in [4.78, 5) is 20.0. The van der Waals surface area contributed by atoms with Gasteiger partial charge < -0.3 is 20.1 Å².